The summed E-state index contributed by atoms with van der Waals surface area (Å²) in [6.45, 7) is 3.98. The monoisotopic (exact) mass is 356 g/mol. The molecular formula is C20H21FN2O3. The number of hydrogen-bond acceptors (Lipinski definition) is 3. The number of carbonyl (C=O) groups excluding carboxylic acids is 2. The molecular weight excluding hydrogens is 335 g/mol. The zero-order valence-corrected chi connectivity index (χ0v) is 14.8. The van der Waals surface area contributed by atoms with Crippen molar-refractivity contribution in [2.45, 2.75) is 32.9 Å². The first-order chi connectivity index (χ1) is 12.5. The Bertz CT molecular complexity index is 820. The van der Waals surface area contributed by atoms with Crippen LogP contribution in [0.2, 0.25) is 0 Å². The summed E-state index contributed by atoms with van der Waals surface area (Å²) in [5.41, 5.74) is 2.37. The van der Waals surface area contributed by atoms with Crippen molar-refractivity contribution >= 4 is 17.5 Å². The van der Waals surface area contributed by atoms with Gasteiger partial charge >= 0.3 is 0 Å². The SMILES string of the molecule is CC[C@@H]1Oc2ccc(C)cc2N(CC(=O)NCc2ccc(F)cc2)C1=O. The average molecular weight is 356 g/mol. The highest BCUT2D eigenvalue weighted by molar-refractivity contribution is 6.03. The number of ether oxygens (including phenoxy) is 1. The molecule has 26 heavy (non-hydrogen) atoms. The molecule has 2 aromatic rings. The Hall–Kier alpha value is -2.89. The first-order valence-corrected chi connectivity index (χ1v) is 8.57. The molecule has 0 aromatic heterocycles. The second-order valence-corrected chi connectivity index (χ2v) is 6.31. The summed E-state index contributed by atoms with van der Waals surface area (Å²) in [7, 11) is 0. The van der Waals surface area contributed by atoms with Gasteiger partial charge in [0, 0.05) is 6.54 Å². The zero-order valence-electron chi connectivity index (χ0n) is 14.8. The largest absolute Gasteiger partial charge is 0.478 e. The molecule has 136 valence electrons. The van der Waals surface area contributed by atoms with Crippen LogP contribution >= 0.6 is 0 Å². The van der Waals surface area contributed by atoms with Crippen LogP contribution in [0.5, 0.6) is 5.75 Å². The van der Waals surface area contributed by atoms with Crippen molar-refractivity contribution in [1.82, 2.24) is 5.32 Å². The van der Waals surface area contributed by atoms with Crippen LogP contribution in [0, 0.1) is 12.7 Å². The quantitative estimate of drug-likeness (QED) is 0.896. The zero-order chi connectivity index (χ0) is 18.7. The second kappa shape index (κ2) is 7.56. The molecule has 3 rings (SSSR count). The molecule has 0 bridgehead atoms. The van der Waals surface area contributed by atoms with Gasteiger partial charge in [0.2, 0.25) is 5.91 Å². The number of anilines is 1. The lowest BCUT2D eigenvalue weighted by Crippen LogP contribution is -2.49. The Morgan fingerprint density at radius 1 is 1.23 bits per heavy atom. The van der Waals surface area contributed by atoms with E-state index in [1.807, 2.05) is 32.0 Å². The first-order valence-electron chi connectivity index (χ1n) is 8.57. The summed E-state index contributed by atoms with van der Waals surface area (Å²) >= 11 is 0. The third-order valence-electron chi connectivity index (χ3n) is 4.29. The van der Waals surface area contributed by atoms with Crippen LogP contribution in [-0.2, 0) is 16.1 Å². The van der Waals surface area contributed by atoms with Gasteiger partial charge in [-0.3, -0.25) is 14.5 Å². The topological polar surface area (TPSA) is 58.6 Å². The predicted octanol–water partition coefficient (Wildman–Crippen LogP) is 2.95. The Morgan fingerprint density at radius 2 is 1.96 bits per heavy atom. The number of hydrogen-bond donors (Lipinski definition) is 1. The van der Waals surface area contributed by atoms with E-state index in [4.69, 9.17) is 4.74 Å². The lowest BCUT2D eigenvalue weighted by molar-refractivity contribution is -0.129. The molecule has 5 nitrogen and oxygen atoms in total. The highest BCUT2D eigenvalue weighted by atomic mass is 19.1. The Balaban J connectivity index is 1.72. The van der Waals surface area contributed by atoms with Gasteiger partial charge in [0.1, 0.15) is 18.1 Å². The molecule has 0 fully saturated rings. The third kappa shape index (κ3) is 3.85. The smallest absolute Gasteiger partial charge is 0.268 e. The molecule has 0 spiro atoms. The van der Waals surface area contributed by atoms with Gasteiger partial charge in [-0.1, -0.05) is 25.1 Å². The first kappa shape index (κ1) is 17.9. The maximum Gasteiger partial charge on any atom is 0.268 e. The number of nitrogens with zero attached hydrogens (tertiary/aromatic N) is 1. The maximum atomic E-state index is 12.9. The summed E-state index contributed by atoms with van der Waals surface area (Å²) in [4.78, 5) is 26.5. The summed E-state index contributed by atoms with van der Waals surface area (Å²) in [5, 5.41) is 2.77. The van der Waals surface area contributed by atoms with Crippen LogP contribution in [0.4, 0.5) is 10.1 Å². The van der Waals surface area contributed by atoms with E-state index in [0.29, 0.717) is 17.9 Å². The minimum absolute atomic E-state index is 0.0870. The number of carbonyl (C=O) groups is 2. The molecule has 0 saturated carbocycles. The average Bonchev–Trinajstić information content (AvgIpc) is 2.63. The fraction of sp³-hybridized carbons (Fsp3) is 0.300. The van der Waals surface area contributed by atoms with E-state index in [2.05, 4.69) is 5.32 Å². The van der Waals surface area contributed by atoms with Crippen LogP contribution in [0.15, 0.2) is 42.5 Å². The molecule has 1 aliphatic heterocycles. The molecule has 2 aromatic carbocycles. The third-order valence-corrected chi connectivity index (χ3v) is 4.29. The lowest BCUT2D eigenvalue weighted by atomic mass is 10.1. The Morgan fingerprint density at radius 3 is 2.65 bits per heavy atom. The minimum Gasteiger partial charge on any atom is -0.478 e. The molecule has 1 atom stereocenters. The molecule has 1 N–H and O–H groups in total. The predicted molar refractivity (Wildman–Crippen MR) is 96.5 cm³/mol. The number of nitrogens with one attached hydrogen (secondary N) is 1. The number of benzene rings is 2. The van der Waals surface area contributed by atoms with Gasteiger partial charge in [-0.05, 0) is 48.7 Å². The summed E-state index contributed by atoms with van der Waals surface area (Å²) < 4.78 is 18.7. The van der Waals surface area contributed by atoms with Gasteiger partial charge in [0.05, 0.1) is 5.69 Å². The molecule has 6 heteroatoms. The lowest BCUT2D eigenvalue weighted by Gasteiger charge is -2.33. The standard InChI is InChI=1S/C20H21FN2O3/c1-3-17-20(25)23(16-10-13(2)4-9-18(16)26-17)12-19(24)22-11-14-5-7-15(21)8-6-14/h4-10,17H,3,11-12H2,1-2H3,(H,22,24)/t17-/m0/s1. The van der Waals surface area contributed by atoms with E-state index in [1.54, 1.807) is 12.1 Å². The number of rotatable bonds is 5. The van der Waals surface area contributed by atoms with Crippen molar-refractivity contribution in [2.24, 2.45) is 0 Å². The van der Waals surface area contributed by atoms with Crippen LogP contribution in [0.1, 0.15) is 24.5 Å². The summed E-state index contributed by atoms with van der Waals surface area (Å²) in [6.07, 6.45) is -0.0602. The fourth-order valence-corrected chi connectivity index (χ4v) is 2.86. The fourth-order valence-electron chi connectivity index (χ4n) is 2.86. The van der Waals surface area contributed by atoms with Crippen molar-refractivity contribution in [2.75, 3.05) is 11.4 Å². The summed E-state index contributed by atoms with van der Waals surface area (Å²) in [5.74, 6) is -0.223. The van der Waals surface area contributed by atoms with E-state index >= 15 is 0 Å². The van der Waals surface area contributed by atoms with Crippen molar-refractivity contribution in [3.05, 3.63) is 59.4 Å². The Labute approximate surface area is 151 Å². The second-order valence-electron chi connectivity index (χ2n) is 6.31. The van der Waals surface area contributed by atoms with Crippen molar-refractivity contribution < 1.29 is 18.7 Å². The van der Waals surface area contributed by atoms with Gasteiger partial charge in [-0.15, -0.1) is 0 Å². The van der Waals surface area contributed by atoms with Gasteiger partial charge in [-0.25, -0.2) is 4.39 Å². The van der Waals surface area contributed by atoms with E-state index in [1.165, 1.54) is 17.0 Å². The number of fused-ring (bicyclic) bond motifs is 1. The number of halogens is 1. The van der Waals surface area contributed by atoms with Crippen LogP contribution in [0.25, 0.3) is 0 Å². The van der Waals surface area contributed by atoms with Crippen LogP contribution in [0.3, 0.4) is 0 Å². The van der Waals surface area contributed by atoms with E-state index in [9.17, 15) is 14.0 Å². The highest BCUT2D eigenvalue weighted by Gasteiger charge is 2.34. The van der Waals surface area contributed by atoms with E-state index < -0.39 is 6.10 Å². The van der Waals surface area contributed by atoms with Crippen LogP contribution < -0.4 is 15.0 Å². The van der Waals surface area contributed by atoms with Gasteiger partial charge in [0.15, 0.2) is 6.10 Å². The number of aryl methyl sites for hydroxylation is 1. The molecule has 1 heterocycles. The van der Waals surface area contributed by atoms with Gasteiger partial charge in [-0.2, -0.15) is 0 Å². The van der Waals surface area contributed by atoms with E-state index in [-0.39, 0.29) is 30.7 Å². The Kier molecular flexibility index (Phi) is 5.21. The van der Waals surface area contributed by atoms with Crippen molar-refractivity contribution in [3.8, 4) is 5.75 Å². The summed E-state index contributed by atoms with van der Waals surface area (Å²) in [6, 6.07) is 11.5. The minimum atomic E-state index is -0.588. The maximum absolute atomic E-state index is 12.9. The molecule has 0 radical (unpaired) electrons. The van der Waals surface area contributed by atoms with Crippen molar-refractivity contribution in [1.29, 1.82) is 0 Å². The molecule has 0 unspecified atom stereocenters. The molecule has 1 aliphatic rings. The highest BCUT2D eigenvalue weighted by Crippen LogP contribution is 2.35. The van der Waals surface area contributed by atoms with Gasteiger partial charge < -0.3 is 10.1 Å². The van der Waals surface area contributed by atoms with Crippen LogP contribution in [-0.4, -0.2) is 24.5 Å². The molecule has 2 amide bonds. The normalized spacial score (nSPS) is 16.0. The molecule has 0 aliphatic carbocycles. The van der Waals surface area contributed by atoms with Crippen molar-refractivity contribution in [3.63, 3.8) is 0 Å². The van der Waals surface area contributed by atoms with E-state index in [0.717, 1.165) is 11.1 Å². The van der Waals surface area contributed by atoms with Gasteiger partial charge in [0.25, 0.3) is 5.91 Å². The molecule has 0 saturated heterocycles. The number of amides is 2.